The van der Waals surface area contributed by atoms with Crippen molar-refractivity contribution in [3.05, 3.63) is 72.9 Å². The van der Waals surface area contributed by atoms with Crippen molar-refractivity contribution in [2.75, 3.05) is 6.61 Å². The summed E-state index contributed by atoms with van der Waals surface area (Å²) < 4.78 is 5.79. The molecule has 0 aliphatic heterocycles. The highest BCUT2D eigenvalue weighted by Crippen LogP contribution is 2.14. The zero-order valence-corrected chi connectivity index (χ0v) is 36.5. The first-order valence-electron chi connectivity index (χ1n) is 23.2. The molecule has 0 aromatic rings. The summed E-state index contributed by atoms with van der Waals surface area (Å²) in [5.74, 6) is -0.654. The molecule has 0 aromatic carbocycles. The maximum absolute atomic E-state index is 13.1. The lowest BCUT2D eigenvalue weighted by Crippen LogP contribution is -2.46. The van der Waals surface area contributed by atoms with Crippen molar-refractivity contribution in [2.45, 2.75) is 225 Å². The van der Waals surface area contributed by atoms with Crippen LogP contribution in [0.4, 0.5) is 0 Å². The number of esters is 1. The number of nitrogens with one attached hydrogen (secondary N) is 1. The lowest BCUT2D eigenvalue weighted by Gasteiger charge is -2.23. The highest BCUT2D eigenvalue weighted by atomic mass is 16.5. The number of amides is 1. The van der Waals surface area contributed by atoms with Crippen LogP contribution in [0.25, 0.3) is 0 Å². The molecule has 0 spiro atoms. The summed E-state index contributed by atoms with van der Waals surface area (Å²) in [6.45, 7) is 6.28. The van der Waals surface area contributed by atoms with Crippen molar-refractivity contribution in [3.8, 4) is 0 Å². The van der Waals surface area contributed by atoms with Crippen LogP contribution in [0, 0.1) is 0 Å². The first kappa shape index (κ1) is 53.3. The molecule has 6 heteroatoms. The van der Waals surface area contributed by atoms with Crippen molar-refractivity contribution in [3.63, 3.8) is 0 Å². The van der Waals surface area contributed by atoms with Gasteiger partial charge >= 0.3 is 5.97 Å². The van der Waals surface area contributed by atoms with Gasteiger partial charge in [-0.05, 0) is 76.7 Å². The molecule has 0 saturated heterocycles. The van der Waals surface area contributed by atoms with E-state index >= 15 is 0 Å². The topological polar surface area (TPSA) is 95.9 Å². The van der Waals surface area contributed by atoms with Crippen LogP contribution in [0.15, 0.2) is 72.9 Å². The van der Waals surface area contributed by atoms with Gasteiger partial charge in [-0.2, -0.15) is 0 Å². The fourth-order valence-electron chi connectivity index (χ4n) is 6.50. The van der Waals surface area contributed by atoms with E-state index in [9.17, 15) is 19.8 Å². The van der Waals surface area contributed by atoms with Gasteiger partial charge in [-0.3, -0.25) is 9.59 Å². The van der Waals surface area contributed by atoms with E-state index in [1.165, 1.54) is 83.5 Å². The molecule has 0 rings (SSSR count). The fourth-order valence-corrected chi connectivity index (χ4v) is 6.50. The third-order valence-corrected chi connectivity index (χ3v) is 10.0. The summed E-state index contributed by atoms with van der Waals surface area (Å²) in [5.41, 5.74) is 0. The molecule has 0 saturated carbocycles. The maximum atomic E-state index is 13.1. The van der Waals surface area contributed by atoms with Gasteiger partial charge in [0.2, 0.25) is 5.91 Å². The van der Waals surface area contributed by atoms with E-state index in [0.29, 0.717) is 19.3 Å². The number of carbonyl (C=O) groups excluding carboxylic acids is 2. The predicted molar refractivity (Wildman–Crippen MR) is 241 cm³/mol. The number of allylic oxidation sites excluding steroid dienone is 11. The molecule has 0 aromatic heterocycles. The average Bonchev–Trinajstić information content (AvgIpc) is 3.19. The Morgan fingerprint density at radius 3 is 1.50 bits per heavy atom. The molecule has 6 nitrogen and oxygen atoms in total. The highest BCUT2D eigenvalue weighted by Gasteiger charge is 2.23. The third-order valence-electron chi connectivity index (χ3n) is 10.0. The quantitative estimate of drug-likeness (QED) is 0.0327. The minimum absolute atomic E-state index is 0.0543. The molecule has 1 amide bonds. The Morgan fingerprint density at radius 2 is 1.00 bits per heavy atom. The van der Waals surface area contributed by atoms with Crippen molar-refractivity contribution in [2.24, 2.45) is 0 Å². The lowest BCUT2D eigenvalue weighted by molar-refractivity contribution is -0.148. The molecule has 3 atom stereocenters. The van der Waals surface area contributed by atoms with Crippen molar-refractivity contribution < 1.29 is 24.5 Å². The van der Waals surface area contributed by atoms with E-state index in [-0.39, 0.29) is 24.9 Å². The van der Waals surface area contributed by atoms with Crippen LogP contribution in [0.1, 0.15) is 207 Å². The molecule has 3 unspecified atom stereocenters. The van der Waals surface area contributed by atoms with Crippen LogP contribution in [0.2, 0.25) is 0 Å². The number of ether oxygens (including phenoxy) is 1. The Morgan fingerprint density at radius 1 is 0.554 bits per heavy atom. The highest BCUT2D eigenvalue weighted by molar-refractivity contribution is 5.78. The van der Waals surface area contributed by atoms with Gasteiger partial charge in [-0.15, -0.1) is 0 Å². The van der Waals surface area contributed by atoms with E-state index < -0.39 is 18.2 Å². The second kappa shape index (κ2) is 43.4. The van der Waals surface area contributed by atoms with Crippen LogP contribution in [0.5, 0.6) is 0 Å². The predicted octanol–water partition coefficient (Wildman–Crippen LogP) is 13.4. The molecule has 0 fully saturated rings. The van der Waals surface area contributed by atoms with Crippen molar-refractivity contribution in [1.29, 1.82) is 0 Å². The first-order valence-corrected chi connectivity index (χ1v) is 23.2. The summed E-state index contributed by atoms with van der Waals surface area (Å²) in [5, 5.41) is 23.5. The Hall–Kier alpha value is -2.70. The Labute approximate surface area is 345 Å². The number of hydrogen-bond acceptors (Lipinski definition) is 5. The summed E-state index contributed by atoms with van der Waals surface area (Å²) in [6.07, 6.45) is 54.2. The normalized spacial score (nSPS) is 14.0. The van der Waals surface area contributed by atoms with Gasteiger partial charge in [0.05, 0.1) is 25.2 Å². The van der Waals surface area contributed by atoms with Gasteiger partial charge in [0.1, 0.15) is 6.10 Å². The summed E-state index contributed by atoms with van der Waals surface area (Å²) >= 11 is 0. The van der Waals surface area contributed by atoms with E-state index in [2.05, 4.69) is 86.8 Å². The number of unbranched alkanes of at least 4 members (excludes halogenated alkanes) is 18. The summed E-state index contributed by atoms with van der Waals surface area (Å²) in [7, 11) is 0. The molecule has 3 N–H and O–H groups in total. The van der Waals surface area contributed by atoms with Crippen LogP contribution in [-0.4, -0.2) is 46.9 Å². The largest absolute Gasteiger partial charge is 0.458 e. The van der Waals surface area contributed by atoms with Crippen LogP contribution >= 0.6 is 0 Å². The summed E-state index contributed by atoms with van der Waals surface area (Å²) in [4.78, 5) is 25.9. The smallest absolute Gasteiger partial charge is 0.306 e. The molecule has 56 heavy (non-hydrogen) atoms. The first-order chi connectivity index (χ1) is 27.5. The fraction of sp³-hybridized carbons (Fsp3) is 0.720. The average molecular weight is 782 g/mol. The molecule has 322 valence electrons. The minimum atomic E-state index is -0.821. The Kier molecular flexibility index (Phi) is 41.3. The van der Waals surface area contributed by atoms with Crippen LogP contribution in [0.3, 0.4) is 0 Å². The van der Waals surface area contributed by atoms with E-state index in [1.54, 1.807) is 6.08 Å². The molecular formula is C50H87NO5. The van der Waals surface area contributed by atoms with Crippen LogP contribution < -0.4 is 5.32 Å². The number of rotatable bonds is 40. The molecule has 0 aliphatic carbocycles. The van der Waals surface area contributed by atoms with Gasteiger partial charge < -0.3 is 20.3 Å². The number of carbonyl (C=O) groups is 2. The number of aliphatic hydroxyl groups is 2. The van der Waals surface area contributed by atoms with E-state index in [0.717, 1.165) is 77.0 Å². The Balaban J connectivity index is 4.81. The zero-order chi connectivity index (χ0) is 41.0. The number of hydrogen-bond donors (Lipinski definition) is 3. The molecular weight excluding hydrogens is 695 g/mol. The summed E-state index contributed by atoms with van der Waals surface area (Å²) in [6, 6.07) is -0.745. The standard InChI is InChI=1S/C50H87NO5/c1-4-7-10-13-16-19-21-23-25-27-30-32-35-38-41-46(56-50(55)43-40-37-34-31-28-26-24-22-20-17-14-11-8-5-2)44-49(54)51-47(45-52)48(53)42-39-36-33-29-18-15-12-9-6-3/h7,10,16,19,23,25-26,28,30,32,38,41,46-48,52-53H,4-6,8-9,11-15,17-18,20-22,24,27,29,31,33-37,39-40,42-45H2,1-3H3,(H,51,54)/b10-7+,19-16+,25-23+,28-26-,32-30+,41-38+. The molecule has 0 radical (unpaired) electrons. The van der Waals surface area contributed by atoms with Gasteiger partial charge in [0, 0.05) is 6.42 Å². The maximum Gasteiger partial charge on any atom is 0.306 e. The second-order valence-electron chi connectivity index (χ2n) is 15.4. The third kappa shape index (κ3) is 38.2. The van der Waals surface area contributed by atoms with Gasteiger partial charge in [-0.1, -0.05) is 190 Å². The minimum Gasteiger partial charge on any atom is -0.458 e. The van der Waals surface area contributed by atoms with Gasteiger partial charge in [0.15, 0.2) is 0 Å². The van der Waals surface area contributed by atoms with Gasteiger partial charge in [-0.25, -0.2) is 0 Å². The van der Waals surface area contributed by atoms with Crippen LogP contribution in [-0.2, 0) is 14.3 Å². The van der Waals surface area contributed by atoms with E-state index in [4.69, 9.17) is 4.74 Å². The number of aliphatic hydroxyl groups excluding tert-OH is 2. The second-order valence-corrected chi connectivity index (χ2v) is 15.4. The molecule has 0 heterocycles. The van der Waals surface area contributed by atoms with Gasteiger partial charge in [0.25, 0.3) is 0 Å². The van der Waals surface area contributed by atoms with Crippen molar-refractivity contribution in [1.82, 2.24) is 5.32 Å². The Bertz CT molecular complexity index is 1060. The monoisotopic (exact) mass is 782 g/mol. The van der Waals surface area contributed by atoms with E-state index in [1.807, 2.05) is 6.08 Å². The zero-order valence-electron chi connectivity index (χ0n) is 36.5. The lowest BCUT2D eigenvalue weighted by atomic mass is 10.0. The molecule has 0 bridgehead atoms. The SMILES string of the molecule is CC/C=C/C/C=C/C/C=C/C/C=C/C/C=C/C(CC(=O)NC(CO)C(O)CCCCCCCCCCC)OC(=O)CCCCC/C=C\CCCCCCCCC. The van der Waals surface area contributed by atoms with Crippen molar-refractivity contribution >= 4 is 11.9 Å². The molecule has 0 aliphatic rings.